The number of nitrogens with zero attached hydrogens (tertiary/aromatic N) is 4. The summed E-state index contributed by atoms with van der Waals surface area (Å²) in [6.45, 7) is 5.12. The molecule has 1 aromatic carbocycles. The Bertz CT molecular complexity index is 620. The van der Waals surface area contributed by atoms with E-state index in [9.17, 15) is 0 Å². The lowest BCUT2D eigenvalue weighted by atomic mass is 10.2. The molecule has 0 fully saturated rings. The van der Waals surface area contributed by atoms with E-state index in [2.05, 4.69) is 46.9 Å². The van der Waals surface area contributed by atoms with Gasteiger partial charge in [-0.05, 0) is 37.1 Å². The summed E-state index contributed by atoms with van der Waals surface area (Å²) in [4.78, 5) is 2.11. The minimum atomic E-state index is 0.478. The third-order valence-electron chi connectivity index (χ3n) is 3.80. The smallest absolute Gasteiger partial charge is 0.0992 e. The second-order valence-corrected chi connectivity index (χ2v) is 5.28. The molecule has 0 radical (unpaired) electrons. The van der Waals surface area contributed by atoms with E-state index in [-0.39, 0.29) is 0 Å². The van der Waals surface area contributed by atoms with Crippen molar-refractivity contribution in [2.45, 2.75) is 39.3 Å². The quantitative estimate of drug-likeness (QED) is 0.810. The number of nitriles is 1. The molecular formula is C17H22N4. The molecule has 4 heteroatoms. The van der Waals surface area contributed by atoms with Crippen molar-refractivity contribution >= 4 is 5.69 Å². The Labute approximate surface area is 126 Å². The summed E-state index contributed by atoms with van der Waals surface area (Å²) in [6, 6.07) is 12.4. The van der Waals surface area contributed by atoms with Crippen LogP contribution in [0.25, 0.3) is 0 Å². The number of rotatable bonds is 6. The third kappa shape index (κ3) is 3.63. The van der Waals surface area contributed by atoms with Gasteiger partial charge in [0.25, 0.3) is 0 Å². The predicted molar refractivity (Wildman–Crippen MR) is 85.1 cm³/mol. The molecule has 1 heterocycles. The Balaban J connectivity index is 2.09. The Hall–Kier alpha value is -2.28. The minimum Gasteiger partial charge on any atom is -0.369 e. The summed E-state index contributed by atoms with van der Waals surface area (Å²) in [5.74, 6) is 0. The highest BCUT2D eigenvalue weighted by Crippen LogP contribution is 2.18. The van der Waals surface area contributed by atoms with Crippen LogP contribution in [0, 0.1) is 11.3 Å². The van der Waals surface area contributed by atoms with E-state index in [4.69, 9.17) is 5.26 Å². The van der Waals surface area contributed by atoms with Gasteiger partial charge in [0.15, 0.2) is 0 Å². The SMILES string of the molecule is CCC(CC)n1ccc(CN(C)c2cccc(C#N)c2)n1. The number of anilines is 1. The average Bonchev–Trinajstić information content (AvgIpc) is 2.97. The maximum absolute atomic E-state index is 8.97. The van der Waals surface area contributed by atoms with E-state index in [1.807, 2.05) is 31.3 Å². The van der Waals surface area contributed by atoms with Crippen molar-refractivity contribution in [2.24, 2.45) is 0 Å². The van der Waals surface area contributed by atoms with Crippen LogP contribution < -0.4 is 4.90 Å². The van der Waals surface area contributed by atoms with E-state index in [1.54, 1.807) is 0 Å². The lowest BCUT2D eigenvalue weighted by Crippen LogP contribution is -2.17. The van der Waals surface area contributed by atoms with Crippen LogP contribution >= 0.6 is 0 Å². The van der Waals surface area contributed by atoms with Crippen molar-refractivity contribution < 1.29 is 0 Å². The summed E-state index contributed by atoms with van der Waals surface area (Å²) in [5, 5.41) is 13.6. The number of aromatic nitrogens is 2. The first-order chi connectivity index (χ1) is 10.2. The molecule has 21 heavy (non-hydrogen) atoms. The van der Waals surface area contributed by atoms with Gasteiger partial charge in [-0.15, -0.1) is 0 Å². The first kappa shape index (κ1) is 15.1. The molecular weight excluding hydrogens is 260 g/mol. The van der Waals surface area contributed by atoms with Crippen LogP contribution in [0.2, 0.25) is 0 Å². The van der Waals surface area contributed by atoms with Gasteiger partial charge in [0.1, 0.15) is 0 Å². The van der Waals surface area contributed by atoms with Crippen LogP contribution in [0.1, 0.15) is 44.0 Å². The second kappa shape index (κ2) is 6.94. The molecule has 0 saturated carbocycles. The van der Waals surface area contributed by atoms with Gasteiger partial charge in [-0.25, -0.2) is 0 Å². The van der Waals surface area contributed by atoms with Crippen LogP contribution in [0.5, 0.6) is 0 Å². The molecule has 0 aliphatic heterocycles. The zero-order chi connectivity index (χ0) is 15.2. The number of hydrogen-bond acceptors (Lipinski definition) is 3. The fraction of sp³-hybridized carbons (Fsp3) is 0.412. The second-order valence-electron chi connectivity index (χ2n) is 5.28. The van der Waals surface area contributed by atoms with Gasteiger partial charge in [0.2, 0.25) is 0 Å². The largest absolute Gasteiger partial charge is 0.369 e. The minimum absolute atomic E-state index is 0.478. The molecule has 2 aromatic rings. The zero-order valence-corrected chi connectivity index (χ0v) is 13.0. The summed E-state index contributed by atoms with van der Waals surface area (Å²) in [5.41, 5.74) is 2.76. The van der Waals surface area contributed by atoms with E-state index in [0.717, 1.165) is 30.8 Å². The summed E-state index contributed by atoms with van der Waals surface area (Å²) >= 11 is 0. The van der Waals surface area contributed by atoms with E-state index in [1.165, 1.54) is 0 Å². The van der Waals surface area contributed by atoms with E-state index < -0.39 is 0 Å². The van der Waals surface area contributed by atoms with Crippen molar-refractivity contribution in [2.75, 3.05) is 11.9 Å². The molecule has 110 valence electrons. The van der Waals surface area contributed by atoms with Crippen molar-refractivity contribution in [1.82, 2.24) is 9.78 Å². The highest BCUT2D eigenvalue weighted by Gasteiger charge is 2.10. The van der Waals surface area contributed by atoms with Gasteiger partial charge >= 0.3 is 0 Å². The fourth-order valence-electron chi connectivity index (χ4n) is 2.48. The highest BCUT2D eigenvalue weighted by atomic mass is 15.3. The van der Waals surface area contributed by atoms with Crippen LogP contribution in [0.3, 0.4) is 0 Å². The molecule has 0 bridgehead atoms. The van der Waals surface area contributed by atoms with E-state index >= 15 is 0 Å². The van der Waals surface area contributed by atoms with Crippen LogP contribution in [0.15, 0.2) is 36.5 Å². The first-order valence-electron chi connectivity index (χ1n) is 7.43. The Morgan fingerprint density at radius 1 is 1.29 bits per heavy atom. The molecule has 0 aliphatic rings. The maximum atomic E-state index is 8.97. The fourth-order valence-corrected chi connectivity index (χ4v) is 2.48. The Morgan fingerprint density at radius 2 is 2.05 bits per heavy atom. The average molecular weight is 282 g/mol. The van der Waals surface area contributed by atoms with Gasteiger partial charge in [0.05, 0.1) is 29.9 Å². The molecule has 0 amide bonds. The van der Waals surface area contributed by atoms with Crippen LogP contribution in [0.4, 0.5) is 5.69 Å². The molecule has 0 unspecified atom stereocenters. The maximum Gasteiger partial charge on any atom is 0.0992 e. The molecule has 0 atom stereocenters. The summed E-state index contributed by atoms with van der Waals surface area (Å²) in [7, 11) is 2.02. The summed E-state index contributed by atoms with van der Waals surface area (Å²) in [6.07, 6.45) is 4.25. The van der Waals surface area contributed by atoms with Crippen LogP contribution in [-0.4, -0.2) is 16.8 Å². The molecule has 0 spiro atoms. The standard InChI is InChI=1S/C17H22N4/c1-4-16(5-2)21-10-9-15(19-21)13-20(3)17-8-6-7-14(11-17)12-18/h6-11,16H,4-5,13H2,1-3H3. The van der Waals surface area contributed by atoms with E-state index in [0.29, 0.717) is 11.6 Å². The van der Waals surface area contributed by atoms with Crippen molar-refractivity contribution in [3.8, 4) is 6.07 Å². The molecule has 2 rings (SSSR count). The topological polar surface area (TPSA) is 44.9 Å². The predicted octanol–water partition coefficient (Wildman–Crippen LogP) is 3.75. The van der Waals surface area contributed by atoms with Gasteiger partial charge in [-0.1, -0.05) is 19.9 Å². The number of hydrogen-bond donors (Lipinski definition) is 0. The molecule has 0 N–H and O–H groups in total. The van der Waals surface area contributed by atoms with Crippen molar-refractivity contribution in [3.05, 3.63) is 47.8 Å². The van der Waals surface area contributed by atoms with Gasteiger partial charge in [0, 0.05) is 18.9 Å². The Kier molecular flexibility index (Phi) is 4.99. The van der Waals surface area contributed by atoms with Crippen LogP contribution in [-0.2, 0) is 6.54 Å². The summed E-state index contributed by atoms with van der Waals surface area (Å²) < 4.78 is 2.06. The third-order valence-corrected chi connectivity index (χ3v) is 3.80. The lowest BCUT2D eigenvalue weighted by Gasteiger charge is -2.18. The zero-order valence-electron chi connectivity index (χ0n) is 13.0. The van der Waals surface area contributed by atoms with Gasteiger partial charge in [-0.3, -0.25) is 4.68 Å². The number of benzene rings is 1. The monoisotopic (exact) mass is 282 g/mol. The molecule has 4 nitrogen and oxygen atoms in total. The molecule has 0 saturated heterocycles. The lowest BCUT2D eigenvalue weighted by molar-refractivity contribution is 0.425. The molecule has 0 aliphatic carbocycles. The molecule has 1 aromatic heterocycles. The van der Waals surface area contributed by atoms with Gasteiger partial charge in [-0.2, -0.15) is 10.4 Å². The van der Waals surface area contributed by atoms with Gasteiger partial charge < -0.3 is 4.90 Å². The first-order valence-corrected chi connectivity index (χ1v) is 7.43. The Morgan fingerprint density at radius 3 is 2.71 bits per heavy atom. The normalized spacial score (nSPS) is 10.6. The van der Waals surface area contributed by atoms with Crippen molar-refractivity contribution in [3.63, 3.8) is 0 Å². The van der Waals surface area contributed by atoms with Crippen molar-refractivity contribution in [1.29, 1.82) is 5.26 Å². The highest BCUT2D eigenvalue weighted by molar-refractivity contribution is 5.50.